The van der Waals surface area contributed by atoms with Crippen LogP contribution >= 0.6 is 0 Å². The van der Waals surface area contributed by atoms with Gasteiger partial charge in [-0.25, -0.2) is 0 Å². The molecule has 0 radical (unpaired) electrons. The topological polar surface area (TPSA) is 9.23 Å². The number of hydrogen-bond acceptors (Lipinski definition) is 1. The van der Waals surface area contributed by atoms with E-state index in [2.05, 4.69) is 18.7 Å². The lowest BCUT2D eigenvalue weighted by atomic mass is 10.1. The van der Waals surface area contributed by atoms with E-state index in [9.17, 15) is 0 Å². The average Bonchev–Trinajstić information content (AvgIpc) is 2.99. The fourth-order valence-electron chi connectivity index (χ4n) is 1.69. The van der Waals surface area contributed by atoms with Gasteiger partial charge in [0.25, 0.3) is 0 Å². The molecule has 1 aliphatic carbocycles. The van der Waals surface area contributed by atoms with Crippen LogP contribution in [0.15, 0.2) is 24.8 Å². The molecule has 0 N–H and O–H groups in total. The summed E-state index contributed by atoms with van der Waals surface area (Å²) in [6.07, 6.45) is 4.46. The van der Waals surface area contributed by atoms with E-state index in [1.165, 1.54) is 18.4 Å². The Morgan fingerprint density at radius 2 is 2.23 bits per heavy atom. The van der Waals surface area contributed by atoms with Gasteiger partial charge in [-0.15, -0.1) is 0 Å². The van der Waals surface area contributed by atoms with Gasteiger partial charge < -0.3 is 4.74 Å². The van der Waals surface area contributed by atoms with Gasteiger partial charge in [0.05, 0.1) is 7.11 Å². The van der Waals surface area contributed by atoms with Crippen molar-refractivity contribution in [1.29, 1.82) is 0 Å². The minimum absolute atomic E-state index is 0.731. The van der Waals surface area contributed by atoms with Crippen LogP contribution in [0, 0.1) is 0 Å². The first-order valence-electron chi connectivity index (χ1n) is 4.66. The molecule has 0 unspecified atom stereocenters. The number of benzene rings is 1. The van der Waals surface area contributed by atoms with E-state index in [1.54, 1.807) is 7.11 Å². The van der Waals surface area contributed by atoms with Crippen molar-refractivity contribution in [3.05, 3.63) is 35.9 Å². The molecule has 0 saturated heterocycles. The van der Waals surface area contributed by atoms with Gasteiger partial charge in [-0.3, -0.25) is 0 Å². The van der Waals surface area contributed by atoms with Crippen molar-refractivity contribution in [2.24, 2.45) is 0 Å². The molecule has 1 aromatic carbocycles. The van der Waals surface area contributed by atoms with Crippen molar-refractivity contribution in [2.45, 2.75) is 18.8 Å². The molecule has 2 rings (SSSR count). The van der Waals surface area contributed by atoms with Gasteiger partial charge in [-0.2, -0.15) is 0 Å². The van der Waals surface area contributed by atoms with Crippen LogP contribution < -0.4 is 4.74 Å². The van der Waals surface area contributed by atoms with Crippen LogP contribution in [0.25, 0.3) is 6.08 Å². The largest absolute Gasteiger partial charge is 0.496 e. The molecule has 13 heavy (non-hydrogen) atoms. The second-order valence-corrected chi connectivity index (χ2v) is 3.45. The Labute approximate surface area is 79.0 Å². The molecule has 1 heteroatoms. The summed E-state index contributed by atoms with van der Waals surface area (Å²) >= 11 is 0. The molecular formula is C12H14O. The van der Waals surface area contributed by atoms with Crippen molar-refractivity contribution in [3.63, 3.8) is 0 Å². The standard InChI is InChI=1S/C12H14O/c1-3-9-5-4-6-11(10-7-8-10)12(9)13-2/h3-6,10H,1,7-8H2,2H3. The summed E-state index contributed by atoms with van der Waals surface area (Å²) in [5, 5.41) is 0. The van der Waals surface area contributed by atoms with Gasteiger partial charge in [0.1, 0.15) is 5.75 Å². The Morgan fingerprint density at radius 1 is 1.46 bits per heavy atom. The quantitative estimate of drug-likeness (QED) is 0.683. The number of rotatable bonds is 3. The molecule has 68 valence electrons. The van der Waals surface area contributed by atoms with Gasteiger partial charge in [0, 0.05) is 5.56 Å². The summed E-state index contributed by atoms with van der Waals surface area (Å²) < 4.78 is 5.40. The van der Waals surface area contributed by atoms with Crippen LogP contribution in [-0.2, 0) is 0 Å². The van der Waals surface area contributed by atoms with E-state index in [4.69, 9.17) is 4.74 Å². The average molecular weight is 174 g/mol. The Bertz CT molecular complexity index is 324. The molecule has 0 heterocycles. The highest BCUT2D eigenvalue weighted by atomic mass is 16.5. The number of methoxy groups -OCH3 is 1. The fraction of sp³-hybridized carbons (Fsp3) is 0.333. The first-order valence-corrected chi connectivity index (χ1v) is 4.66. The molecular weight excluding hydrogens is 160 g/mol. The second-order valence-electron chi connectivity index (χ2n) is 3.45. The van der Waals surface area contributed by atoms with E-state index >= 15 is 0 Å². The molecule has 1 nitrogen and oxygen atoms in total. The highest BCUT2D eigenvalue weighted by molar-refractivity contribution is 5.59. The third-order valence-electron chi connectivity index (χ3n) is 2.52. The fourth-order valence-corrected chi connectivity index (χ4v) is 1.69. The van der Waals surface area contributed by atoms with Crippen molar-refractivity contribution in [2.75, 3.05) is 7.11 Å². The maximum atomic E-state index is 5.40. The Morgan fingerprint density at radius 3 is 2.77 bits per heavy atom. The molecule has 1 aromatic rings. The number of hydrogen-bond donors (Lipinski definition) is 0. The van der Waals surface area contributed by atoms with Crippen LogP contribution in [0.5, 0.6) is 5.75 Å². The molecule has 1 aliphatic rings. The lowest BCUT2D eigenvalue weighted by Crippen LogP contribution is -1.92. The summed E-state index contributed by atoms with van der Waals surface area (Å²) in [5.41, 5.74) is 2.45. The molecule has 1 saturated carbocycles. The summed E-state index contributed by atoms with van der Waals surface area (Å²) in [5.74, 6) is 1.75. The Kier molecular flexibility index (Phi) is 2.09. The highest BCUT2D eigenvalue weighted by Crippen LogP contribution is 2.45. The van der Waals surface area contributed by atoms with E-state index in [1.807, 2.05) is 12.1 Å². The third-order valence-corrected chi connectivity index (χ3v) is 2.52. The third kappa shape index (κ3) is 1.46. The minimum atomic E-state index is 0.731. The summed E-state index contributed by atoms with van der Waals surface area (Å²) in [7, 11) is 1.73. The predicted octanol–water partition coefficient (Wildman–Crippen LogP) is 3.22. The monoisotopic (exact) mass is 174 g/mol. The van der Waals surface area contributed by atoms with E-state index in [0.29, 0.717) is 0 Å². The molecule has 0 spiro atoms. The van der Waals surface area contributed by atoms with E-state index in [-0.39, 0.29) is 0 Å². The lowest BCUT2D eigenvalue weighted by Gasteiger charge is -2.10. The lowest BCUT2D eigenvalue weighted by molar-refractivity contribution is 0.409. The predicted molar refractivity (Wildman–Crippen MR) is 55.1 cm³/mol. The van der Waals surface area contributed by atoms with Crippen LogP contribution in [0.1, 0.15) is 29.9 Å². The van der Waals surface area contributed by atoms with Crippen molar-refractivity contribution in [1.82, 2.24) is 0 Å². The first kappa shape index (κ1) is 8.36. The maximum absolute atomic E-state index is 5.40. The maximum Gasteiger partial charge on any atom is 0.129 e. The molecule has 0 amide bonds. The molecule has 0 aromatic heterocycles. The summed E-state index contributed by atoms with van der Waals surface area (Å²) in [4.78, 5) is 0. The zero-order valence-corrected chi connectivity index (χ0v) is 7.92. The van der Waals surface area contributed by atoms with Gasteiger partial charge in [0.2, 0.25) is 0 Å². The molecule has 1 fully saturated rings. The molecule has 0 aliphatic heterocycles. The van der Waals surface area contributed by atoms with Gasteiger partial charge in [-0.05, 0) is 24.3 Å². The van der Waals surface area contributed by atoms with Gasteiger partial charge >= 0.3 is 0 Å². The first-order chi connectivity index (χ1) is 6.36. The Balaban J connectivity index is 2.47. The summed E-state index contributed by atoms with van der Waals surface area (Å²) in [6.45, 7) is 3.78. The number of ether oxygens (including phenoxy) is 1. The Hall–Kier alpha value is -1.24. The summed E-state index contributed by atoms with van der Waals surface area (Å²) in [6, 6.07) is 6.27. The van der Waals surface area contributed by atoms with Crippen molar-refractivity contribution < 1.29 is 4.74 Å². The SMILES string of the molecule is C=Cc1cccc(C2CC2)c1OC. The van der Waals surface area contributed by atoms with E-state index in [0.717, 1.165) is 17.2 Å². The normalized spacial score (nSPS) is 15.5. The van der Waals surface area contributed by atoms with Crippen molar-refractivity contribution >= 4 is 6.08 Å². The van der Waals surface area contributed by atoms with Crippen LogP contribution in [-0.4, -0.2) is 7.11 Å². The second kappa shape index (κ2) is 3.25. The molecule has 0 atom stereocenters. The zero-order valence-electron chi connectivity index (χ0n) is 7.92. The van der Waals surface area contributed by atoms with Crippen LogP contribution in [0.4, 0.5) is 0 Å². The van der Waals surface area contributed by atoms with E-state index < -0.39 is 0 Å². The van der Waals surface area contributed by atoms with Crippen LogP contribution in [0.2, 0.25) is 0 Å². The number of para-hydroxylation sites is 1. The highest BCUT2D eigenvalue weighted by Gasteiger charge is 2.27. The van der Waals surface area contributed by atoms with Crippen LogP contribution in [0.3, 0.4) is 0 Å². The zero-order chi connectivity index (χ0) is 9.26. The van der Waals surface area contributed by atoms with Crippen molar-refractivity contribution in [3.8, 4) is 5.75 Å². The van der Waals surface area contributed by atoms with Gasteiger partial charge in [0.15, 0.2) is 0 Å². The minimum Gasteiger partial charge on any atom is -0.496 e. The smallest absolute Gasteiger partial charge is 0.129 e. The van der Waals surface area contributed by atoms with Gasteiger partial charge in [-0.1, -0.05) is 30.9 Å². The molecule has 0 bridgehead atoms.